The standard InChI is InChI=1S/C17H18O8/c1-8(23-9(2)18)14-7-22-17(21)16-13(14)5-12(24-10(3)19)6-15(16)25-11(4)20/h5-6,8,14H,7H2,1-4H3/t8-,14+/m0/s1. The number of carbonyl (C=O) groups is 4. The number of fused-ring (bicyclic) bond motifs is 1. The molecule has 25 heavy (non-hydrogen) atoms. The molecule has 2 rings (SSSR count). The molecule has 0 fully saturated rings. The van der Waals surface area contributed by atoms with Crippen LogP contribution in [0.4, 0.5) is 0 Å². The second-order valence-corrected chi connectivity index (χ2v) is 5.59. The average Bonchev–Trinajstić information content (AvgIpc) is 2.44. The van der Waals surface area contributed by atoms with E-state index in [-0.39, 0.29) is 23.7 Å². The highest BCUT2D eigenvalue weighted by atomic mass is 16.6. The van der Waals surface area contributed by atoms with E-state index in [9.17, 15) is 19.2 Å². The Kier molecular flexibility index (Phi) is 5.41. The van der Waals surface area contributed by atoms with Crippen LogP contribution < -0.4 is 9.47 Å². The zero-order chi connectivity index (χ0) is 18.7. The van der Waals surface area contributed by atoms with Crippen molar-refractivity contribution in [2.75, 3.05) is 6.61 Å². The van der Waals surface area contributed by atoms with Gasteiger partial charge >= 0.3 is 23.9 Å². The Labute approximate surface area is 144 Å². The summed E-state index contributed by atoms with van der Waals surface area (Å²) in [7, 11) is 0. The lowest BCUT2D eigenvalue weighted by atomic mass is 9.88. The van der Waals surface area contributed by atoms with Gasteiger partial charge in [0.15, 0.2) is 0 Å². The third kappa shape index (κ3) is 4.34. The molecule has 0 bridgehead atoms. The predicted octanol–water partition coefficient (Wildman–Crippen LogP) is 1.74. The summed E-state index contributed by atoms with van der Waals surface area (Å²) in [5, 5.41) is 0. The van der Waals surface area contributed by atoms with Crippen molar-refractivity contribution in [1.29, 1.82) is 0 Å². The largest absolute Gasteiger partial charge is 0.462 e. The molecule has 0 spiro atoms. The normalized spacial score (nSPS) is 17.0. The Morgan fingerprint density at radius 1 is 1.08 bits per heavy atom. The van der Waals surface area contributed by atoms with Gasteiger partial charge in [-0.15, -0.1) is 0 Å². The first kappa shape index (κ1) is 18.4. The maximum absolute atomic E-state index is 12.2. The highest BCUT2D eigenvalue weighted by molar-refractivity contribution is 5.97. The zero-order valence-electron chi connectivity index (χ0n) is 14.3. The fourth-order valence-electron chi connectivity index (χ4n) is 2.64. The lowest BCUT2D eigenvalue weighted by molar-refractivity contribution is -0.147. The highest BCUT2D eigenvalue weighted by Crippen LogP contribution is 2.39. The molecule has 1 aromatic rings. The molecule has 0 saturated carbocycles. The van der Waals surface area contributed by atoms with Crippen LogP contribution in [0.2, 0.25) is 0 Å². The van der Waals surface area contributed by atoms with E-state index in [4.69, 9.17) is 18.9 Å². The summed E-state index contributed by atoms with van der Waals surface area (Å²) in [6.07, 6.45) is -0.609. The quantitative estimate of drug-likeness (QED) is 0.597. The van der Waals surface area contributed by atoms with Gasteiger partial charge in [0.25, 0.3) is 0 Å². The van der Waals surface area contributed by atoms with Crippen molar-refractivity contribution < 1.29 is 38.1 Å². The van der Waals surface area contributed by atoms with Crippen molar-refractivity contribution in [1.82, 2.24) is 0 Å². The van der Waals surface area contributed by atoms with Gasteiger partial charge in [-0.25, -0.2) is 4.79 Å². The smallest absolute Gasteiger partial charge is 0.342 e. The fourth-order valence-corrected chi connectivity index (χ4v) is 2.64. The van der Waals surface area contributed by atoms with Gasteiger partial charge in [0, 0.05) is 26.8 Å². The number of esters is 4. The summed E-state index contributed by atoms with van der Waals surface area (Å²) < 4.78 is 20.4. The van der Waals surface area contributed by atoms with Crippen LogP contribution in [-0.4, -0.2) is 36.6 Å². The molecule has 2 atom stereocenters. The van der Waals surface area contributed by atoms with Gasteiger partial charge in [-0.2, -0.15) is 0 Å². The van der Waals surface area contributed by atoms with Crippen LogP contribution in [0.3, 0.4) is 0 Å². The van der Waals surface area contributed by atoms with Gasteiger partial charge < -0.3 is 18.9 Å². The van der Waals surface area contributed by atoms with Gasteiger partial charge in [0.1, 0.15) is 29.8 Å². The van der Waals surface area contributed by atoms with E-state index in [0.29, 0.717) is 5.56 Å². The highest BCUT2D eigenvalue weighted by Gasteiger charge is 2.36. The van der Waals surface area contributed by atoms with Crippen LogP contribution in [0.15, 0.2) is 12.1 Å². The SMILES string of the molecule is CC(=O)Oc1cc(OC(C)=O)c2c(c1)[C@@H]([C@H](C)OC(C)=O)COC2=O. The molecule has 1 aliphatic heterocycles. The second kappa shape index (κ2) is 7.33. The lowest BCUT2D eigenvalue weighted by Crippen LogP contribution is -2.32. The molecular weight excluding hydrogens is 332 g/mol. The fraction of sp³-hybridized carbons (Fsp3) is 0.412. The molecule has 0 saturated heterocycles. The van der Waals surface area contributed by atoms with Crippen LogP contribution in [0.5, 0.6) is 11.5 Å². The molecule has 0 radical (unpaired) electrons. The van der Waals surface area contributed by atoms with E-state index < -0.39 is 35.9 Å². The summed E-state index contributed by atoms with van der Waals surface area (Å²) >= 11 is 0. The number of ether oxygens (including phenoxy) is 4. The third-order valence-corrected chi connectivity index (χ3v) is 3.54. The van der Waals surface area contributed by atoms with Crippen LogP contribution in [-0.2, 0) is 23.9 Å². The van der Waals surface area contributed by atoms with Crippen molar-refractivity contribution >= 4 is 23.9 Å². The first-order valence-corrected chi connectivity index (χ1v) is 7.58. The van der Waals surface area contributed by atoms with Crippen molar-refractivity contribution in [3.05, 3.63) is 23.3 Å². The lowest BCUT2D eigenvalue weighted by Gasteiger charge is -2.30. The average molecular weight is 350 g/mol. The van der Waals surface area contributed by atoms with Crippen LogP contribution in [0.1, 0.15) is 49.5 Å². The minimum atomic E-state index is -0.674. The van der Waals surface area contributed by atoms with Crippen LogP contribution >= 0.6 is 0 Å². The summed E-state index contributed by atoms with van der Waals surface area (Å²) in [6, 6.07) is 2.75. The number of benzene rings is 1. The Morgan fingerprint density at radius 2 is 1.72 bits per heavy atom. The maximum Gasteiger partial charge on any atom is 0.342 e. The summed E-state index contributed by atoms with van der Waals surface area (Å²) in [5.41, 5.74) is 0.460. The Bertz CT molecular complexity index is 736. The summed E-state index contributed by atoms with van der Waals surface area (Å²) in [5.74, 6) is -2.85. The minimum absolute atomic E-state index is 0.0245. The summed E-state index contributed by atoms with van der Waals surface area (Å²) in [6.45, 7) is 5.30. The van der Waals surface area contributed by atoms with E-state index in [2.05, 4.69) is 0 Å². The first-order valence-electron chi connectivity index (χ1n) is 7.58. The molecule has 0 N–H and O–H groups in total. The second-order valence-electron chi connectivity index (χ2n) is 5.59. The van der Waals surface area contributed by atoms with Gasteiger partial charge in [0.2, 0.25) is 0 Å². The van der Waals surface area contributed by atoms with Crippen molar-refractivity contribution in [2.24, 2.45) is 0 Å². The van der Waals surface area contributed by atoms with Crippen LogP contribution in [0, 0.1) is 0 Å². The van der Waals surface area contributed by atoms with Gasteiger partial charge in [-0.1, -0.05) is 0 Å². The monoisotopic (exact) mass is 350 g/mol. The number of carbonyl (C=O) groups excluding carboxylic acids is 4. The van der Waals surface area contributed by atoms with E-state index >= 15 is 0 Å². The number of hydrogen-bond acceptors (Lipinski definition) is 8. The molecule has 1 heterocycles. The molecule has 1 aromatic carbocycles. The topological polar surface area (TPSA) is 105 Å². The molecule has 8 nitrogen and oxygen atoms in total. The molecule has 0 aliphatic carbocycles. The van der Waals surface area contributed by atoms with Crippen molar-refractivity contribution in [2.45, 2.75) is 39.7 Å². The van der Waals surface area contributed by atoms with E-state index in [1.807, 2.05) is 0 Å². The molecule has 0 aromatic heterocycles. The molecule has 1 aliphatic rings. The van der Waals surface area contributed by atoms with Gasteiger partial charge in [-0.3, -0.25) is 14.4 Å². The first-order chi connectivity index (χ1) is 11.7. The van der Waals surface area contributed by atoms with Crippen molar-refractivity contribution in [3.63, 3.8) is 0 Å². The zero-order valence-corrected chi connectivity index (χ0v) is 14.3. The van der Waals surface area contributed by atoms with Crippen LogP contribution in [0.25, 0.3) is 0 Å². The Hall–Kier alpha value is -2.90. The molecule has 134 valence electrons. The maximum atomic E-state index is 12.2. The predicted molar refractivity (Wildman–Crippen MR) is 83.3 cm³/mol. The number of rotatable bonds is 4. The van der Waals surface area contributed by atoms with Gasteiger partial charge in [-0.05, 0) is 18.6 Å². The van der Waals surface area contributed by atoms with E-state index in [0.717, 1.165) is 0 Å². The molecule has 8 heteroatoms. The number of hydrogen-bond donors (Lipinski definition) is 0. The number of cyclic esters (lactones) is 1. The van der Waals surface area contributed by atoms with Gasteiger partial charge in [0.05, 0.1) is 5.92 Å². The minimum Gasteiger partial charge on any atom is -0.462 e. The van der Waals surface area contributed by atoms with E-state index in [1.54, 1.807) is 6.92 Å². The molecular formula is C17H18O8. The molecule has 0 unspecified atom stereocenters. The summed E-state index contributed by atoms with van der Waals surface area (Å²) in [4.78, 5) is 46.0. The van der Waals surface area contributed by atoms with E-state index in [1.165, 1.54) is 32.9 Å². The Morgan fingerprint density at radius 3 is 2.28 bits per heavy atom. The van der Waals surface area contributed by atoms with Crippen molar-refractivity contribution in [3.8, 4) is 11.5 Å². The third-order valence-electron chi connectivity index (χ3n) is 3.54. The Balaban J connectivity index is 2.57. The molecule has 0 amide bonds.